The molecule has 0 aromatic heterocycles. The highest BCUT2D eigenvalue weighted by Crippen LogP contribution is 2.53. The predicted molar refractivity (Wildman–Crippen MR) is 75.7 cm³/mol. The van der Waals surface area contributed by atoms with Gasteiger partial charge < -0.3 is 0 Å². The SMILES string of the molecule is C1C2CC3CC1CC(C2)C3.CC.CC.CC. The molecule has 0 heteroatoms. The van der Waals surface area contributed by atoms with Crippen molar-refractivity contribution in [1.29, 1.82) is 0 Å². The Kier molecular flexibility index (Phi) is 9.07. The molecule has 0 nitrogen and oxygen atoms in total. The molecule has 0 radical (unpaired) electrons. The van der Waals surface area contributed by atoms with Gasteiger partial charge in [0.05, 0.1) is 0 Å². The maximum Gasteiger partial charge on any atom is -0.0406 e. The van der Waals surface area contributed by atoms with Crippen molar-refractivity contribution >= 4 is 0 Å². The Balaban J connectivity index is 0.000000332. The van der Waals surface area contributed by atoms with Crippen LogP contribution in [0.25, 0.3) is 0 Å². The van der Waals surface area contributed by atoms with E-state index < -0.39 is 0 Å². The third kappa shape index (κ3) is 4.11. The summed E-state index contributed by atoms with van der Waals surface area (Å²) in [5.41, 5.74) is 0. The molecule has 0 aromatic carbocycles. The van der Waals surface area contributed by atoms with E-state index in [9.17, 15) is 0 Å². The van der Waals surface area contributed by atoms with Crippen LogP contribution in [0.4, 0.5) is 0 Å². The van der Waals surface area contributed by atoms with Crippen molar-refractivity contribution in [3.63, 3.8) is 0 Å². The summed E-state index contributed by atoms with van der Waals surface area (Å²) in [5.74, 6) is 4.71. The largest absolute Gasteiger partial charge is 0.0683 e. The zero-order valence-corrected chi connectivity index (χ0v) is 12.6. The fourth-order valence-electron chi connectivity index (χ4n) is 3.98. The lowest BCUT2D eigenvalue weighted by Crippen LogP contribution is -2.38. The van der Waals surface area contributed by atoms with Crippen molar-refractivity contribution in [2.24, 2.45) is 23.7 Å². The highest BCUT2D eigenvalue weighted by atomic mass is 14.5. The molecule has 4 aliphatic carbocycles. The van der Waals surface area contributed by atoms with E-state index in [-0.39, 0.29) is 0 Å². The smallest absolute Gasteiger partial charge is 0.0406 e. The Hall–Kier alpha value is 0. The maximum absolute atomic E-state index is 2.00. The van der Waals surface area contributed by atoms with Gasteiger partial charge in [0.25, 0.3) is 0 Å². The first kappa shape index (κ1) is 16.0. The quantitative estimate of drug-likeness (QED) is 0.481. The summed E-state index contributed by atoms with van der Waals surface area (Å²) in [6.07, 6.45) is 9.62. The second-order valence-corrected chi connectivity index (χ2v) is 4.88. The van der Waals surface area contributed by atoms with Gasteiger partial charge in [-0.2, -0.15) is 0 Å². The van der Waals surface area contributed by atoms with Gasteiger partial charge in [0, 0.05) is 0 Å². The third-order valence-corrected chi connectivity index (χ3v) is 4.00. The fourth-order valence-corrected chi connectivity index (χ4v) is 3.98. The van der Waals surface area contributed by atoms with Gasteiger partial charge in [-0.25, -0.2) is 0 Å². The summed E-state index contributed by atoms with van der Waals surface area (Å²) in [5, 5.41) is 0. The molecule has 0 heterocycles. The van der Waals surface area contributed by atoms with Crippen LogP contribution in [-0.2, 0) is 0 Å². The van der Waals surface area contributed by atoms with E-state index in [2.05, 4.69) is 0 Å². The second kappa shape index (κ2) is 9.07. The molecular formula is C16H34. The Morgan fingerprint density at radius 2 is 0.500 bits per heavy atom. The molecule has 0 N–H and O–H groups in total. The van der Waals surface area contributed by atoms with Gasteiger partial charge in [-0.05, 0) is 62.2 Å². The van der Waals surface area contributed by atoms with Crippen LogP contribution in [0.1, 0.15) is 80.1 Å². The van der Waals surface area contributed by atoms with E-state index in [0.717, 1.165) is 0 Å². The van der Waals surface area contributed by atoms with Crippen molar-refractivity contribution in [3.05, 3.63) is 0 Å². The van der Waals surface area contributed by atoms with Gasteiger partial charge in [0.15, 0.2) is 0 Å². The molecule has 0 saturated heterocycles. The highest BCUT2D eigenvalue weighted by Gasteiger charge is 2.41. The van der Waals surface area contributed by atoms with E-state index in [0.29, 0.717) is 0 Å². The summed E-state index contributed by atoms with van der Waals surface area (Å²) >= 11 is 0. The molecule has 0 amide bonds. The van der Waals surface area contributed by atoms with Crippen molar-refractivity contribution in [2.75, 3.05) is 0 Å². The van der Waals surface area contributed by atoms with E-state index in [1.807, 2.05) is 41.5 Å². The molecule has 0 aliphatic heterocycles. The zero-order chi connectivity index (χ0) is 12.6. The van der Waals surface area contributed by atoms with Gasteiger partial charge in [0.2, 0.25) is 0 Å². The van der Waals surface area contributed by atoms with Gasteiger partial charge in [-0.1, -0.05) is 41.5 Å². The molecular weight excluding hydrogens is 192 g/mol. The predicted octanol–water partition coefficient (Wildman–Crippen LogP) is 5.91. The summed E-state index contributed by atoms with van der Waals surface area (Å²) in [4.78, 5) is 0. The molecule has 0 aromatic rings. The first-order valence-corrected chi connectivity index (χ1v) is 7.90. The van der Waals surface area contributed by atoms with Crippen molar-refractivity contribution in [1.82, 2.24) is 0 Å². The molecule has 4 fully saturated rings. The Labute approximate surface area is 104 Å². The van der Waals surface area contributed by atoms with E-state index in [1.165, 1.54) is 23.7 Å². The van der Waals surface area contributed by atoms with Gasteiger partial charge in [0.1, 0.15) is 0 Å². The number of hydrogen-bond acceptors (Lipinski definition) is 0. The Morgan fingerprint density at radius 1 is 0.375 bits per heavy atom. The summed E-state index contributed by atoms with van der Waals surface area (Å²) in [6, 6.07) is 0. The monoisotopic (exact) mass is 226 g/mol. The minimum absolute atomic E-state index is 1.18. The molecule has 98 valence electrons. The van der Waals surface area contributed by atoms with Crippen LogP contribution in [0.5, 0.6) is 0 Å². The molecule has 4 rings (SSSR count). The molecule has 4 aliphatic rings. The number of hydrogen-bond donors (Lipinski definition) is 0. The van der Waals surface area contributed by atoms with Crippen LogP contribution in [0.15, 0.2) is 0 Å². The summed E-state index contributed by atoms with van der Waals surface area (Å²) < 4.78 is 0. The van der Waals surface area contributed by atoms with Gasteiger partial charge in [-0.3, -0.25) is 0 Å². The summed E-state index contributed by atoms with van der Waals surface area (Å²) in [6.45, 7) is 12.0. The Bertz CT molecular complexity index is 91.6. The van der Waals surface area contributed by atoms with E-state index in [1.54, 1.807) is 38.5 Å². The van der Waals surface area contributed by atoms with Crippen LogP contribution in [0.3, 0.4) is 0 Å². The van der Waals surface area contributed by atoms with E-state index >= 15 is 0 Å². The third-order valence-electron chi connectivity index (χ3n) is 4.00. The van der Waals surface area contributed by atoms with Gasteiger partial charge in [-0.15, -0.1) is 0 Å². The average Bonchev–Trinajstić information content (AvgIpc) is 2.35. The zero-order valence-electron chi connectivity index (χ0n) is 12.6. The molecule has 0 unspecified atom stereocenters. The van der Waals surface area contributed by atoms with Crippen LogP contribution < -0.4 is 0 Å². The minimum Gasteiger partial charge on any atom is -0.0683 e. The van der Waals surface area contributed by atoms with E-state index in [4.69, 9.17) is 0 Å². The van der Waals surface area contributed by atoms with Crippen LogP contribution in [-0.4, -0.2) is 0 Å². The minimum atomic E-state index is 1.18. The van der Waals surface area contributed by atoms with Crippen LogP contribution in [0.2, 0.25) is 0 Å². The standard InChI is InChI=1S/C10H16.3C2H6/c1-7-2-9-4-8(1)5-10(3-7)6-9;3*1-2/h7-10H,1-6H2;3*1-2H3. The van der Waals surface area contributed by atoms with Crippen LogP contribution >= 0.6 is 0 Å². The first-order chi connectivity index (χ1) is 7.90. The highest BCUT2D eigenvalue weighted by molar-refractivity contribution is 4.92. The van der Waals surface area contributed by atoms with Crippen molar-refractivity contribution in [3.8, 4) is 0 Å². The molecule has 16 heavy (non-hydrogen) atoms. The molecule has 4 saturated carbocycles. The average molecular weight is 226 g/mol. The van der Waals surface area contributed by atoms with Crippen LogP contribution in [0, 0.1) is 23.7 Å². The normalized spacial score (nSPS) is 37.1. The Morgan fingerprint density at radius 3 is 0.625 bits per heavy atom. The summed E-state index contributed by atoms with van der Waals surface area (Å²) in [7, 11) is 0. The lowest BCUT2D eigenvalue weighted by Gasteiger charge is -2.49. The van der Waals surface area contributed by atoms with Crippen molar-refractivity contribution in [2.45, 2.75) is 80.1 Å². The van der Waals surface area contributed by atoms with Crippen molar-refractivity contribution < 1.29 is 0 Å². The topological polar surface area (TPSA) is 0 Å². The lowest BCUT2D eigenvalue weighted by molar-refractivity contribution is 0.0198. The maximum atomic E-state index is 2.00. The molecule has 4 bridgehead atoms. The number of rotatable bonds is 0. The molecule has 0 spiro atoms. The lowest BCUT2D eigenvalue weighted by atomic mass is 9.56. The second-order valence-electron chi connectivity index (χ2n) is 4.88. The van der Waals surface area contributed by atoms with Gasteiger partial charge >= 0.3 is 0 Å². The fraction of sp³-hybridized carbons (Fsp3) is 1.00. The first-order valence-electron chi connectivity index (χ1n) is 7.90. The molecule has 0 atom stereocenters.